The molecule has 3 rings (SSSR count). The molecule has 0 heterocycles. The zero-order valence-electron chi connectivity index (χ0n) is 14.4. The average molecular weight is 340 g/mol. The van der Waals surface area contributed by atoms with Gasteiger partial charge in [0.1, 0.15) is 11.5 Å². The molecule has 1 aliphatic rings. The third kappa shape index (κ3) is 2.65. The SMILES string of the molecule is COC(=O)C(c1ccc2c(c1O)C(=O)c1c(O)cccc1C2)C(C)C. The maximum Gasteiger partial charge on any atom is 0.313 e. The van der Waals surface area contributed by atoms with E-state index in [4.69, 9.17) is 4.74 Å². The lowest BCUT2D eigenvalue weighted by molar-refractivity contribution is -0.143. The molecule has 1 atom stereocenters. The minimum absolute atomic E-state index is 0.105. The Morgan fingerprint density at radius 3 is 2.40 bits per heavy atom. The normalized spacial score (nSPS) is 14.0. The number of methoxy groups -OCH3 is 1. The number of rotatable bonds is 3. The molecule has 0 spiro atoms. The molecule has 0 bridgehead atoms. The van der Waals surface area contributed by atoms with Crippen LogP contribution < -0.4 is 0 Å². The Morgan fingerprint density at radius 2 is 1.76 bits per heavy atom. The summed E-state index contributed by atoms with van der Waals surface area (Å²) in [5.41, 5.74) is 2.13. The van der Waals surface area contributed by atoms with E-state index < -0.39 is 17.7 Å². The molecule has 1 unspecified atom stereocenters. The Balaban J connectivity index is 2.17. The van der Waals surface area contributed by atoms with Crippen molar-refractivity contribution in [3.63, 3.8) is 0 Å². The standard InChI is InChI=1S/C20H20O5/c1-10(2)15(20(24)25-3)13-8-7-12-9-11-5-4-6-14(21)16(11)19(23)17(12)18(13)22/h4-8,10,15,21-22H,9H2,1-3H3. The molecule has 0 saturated carbocycles. The minimum atomic E-state index is -0.672. The molecule has 25 heavy (non-hydrogen) atoms. The Labute approximate surface area is 145 Å². The van der Waals surface area contributed by atoms with Crippen molar-refractivity contribution < 1.29 is 24.5 Å². The Hall–Kier alpha value is -2.82. The van der Waals surface area contributed by atoms with Crippen LogP contribution in [0.15, 0.2) is 30.3 Å². The number of aromatic hydroxyl groups is 2. The van der Waals surface area contributed by atoms with Crippen molar-refractivity contribution >= 4 is 11.8 Å². The van der Waals surface area contributed by atoms with Crippen LogP contribution in [0.1, 0.15) is 52.4 Å². The fourth-order valence-electron chi connectivity index (χ4n) is 3.51. The maximum atomic E-state index is 12.9. The van der Waals surface area contributed by atoms with Crippen molar-refractivity contribution in [2.45, 2.75) is 26.2 Å². The van der Waals surface area contributed by atoms with Crippen LogP contribution in [0.5, 0.6) is 11.5 Å². The molecule has 5 heteroatoms. The summed E-state index contributed by atoms with van der Waals surface area (Å²) in [7, 11) is 1.30. The van der Waals surface area contributed by atoms with Crippen molar-refractivity contribution in [1.29, 1.82) is 0 Å². The van der Waals surface area contributed by atoms with Gasteiger partial charge < -0.3 is 14.9 Å². The van der Waals surface area contributed by atoms with E-state index in [1.807, 2.05) is 13.8 Å². The van der Waals surface area contributed by atoms with E-state index >= 15 is 0 Å². The second-order valence-electron chi connectivity index (χ2n) is 6.60. The summed E-state index contributed by atoms with van der Waals surface area (Å²) in [6.45, 7) is 3.70. The van der Waals surface area contributed by atoms with Crippen LogP contribution in [-0.4, -0.2) is 29.1 Å². The lowest BCUT2D eigenvalue weighted by Crippen LogP contribution is -2.22. The van der Waals surface area contributed by atoms with Gasteiger partial charge in [-0.05, 0) is 29.5 Å². The van der Waals surface area contributed by atoms with Crippen molar-refractivity contribution in [2.24, 2.45) is 5.92 Å². The van der Waals surface area contributed by atoms with Crippen LogP contribution in [0, 0.1) is 5.92 Å². The molecule has 0 amide bonds. The van der Waals surface area contributed by atoms with Gasteiger partial charge in [-0.15, -0.1) is 0 Å². The Bertz CT molecular complexity index is 867. The first-order valence-electron chi connectivity index (χ1n) is 8.15. The number of phenols is 2. The van der Waals surface area contributed by atoms with Gasteiger partial charge in [0.05, 0.1) is 24.2 Å². The molecule has 130 valence electrons. The van der Waals surface area contributed by atoms with Gasteiger partial charge >= 0.3 is 5.97 Å². The van der Waals surface area contributed by atoms with Crippen LogP contribution in [-0.2, 0) is 16.0 Å². The number of fused-ring (bicyclic) bond motifs is 2. The van der Waals surface area contributed by atoms with E-state index in [2.05, 4.69) is 0 Å². The zero-order valence-corrected chi connectivity index (χ0v) is 14.4. The van der Waals surface area contributed by atoms with E-state index in [9.17, 15) is 19.8 Å². The zero-order chi connectivity index (χ0) is 18.3. The van der Waals surface area contributed by atoms with Gasteiger partial charge in [-0.25, -0.2) is 0 Å². The summed E-state index contributed by atoms with van der Waals surface area (Å²) in [5.74, 6) is -1.99. The van der Waals surface area contributed by atoms with E-state index in [0.29, 0.717) is 17.5 Å². The Morgan fingerprint density at radius 1 is 1.08 bits per heavy atom. The number of ketones is 1. The number of ether oxygens (including phenoxy) is 1. The first-order chi connectivity index (χ1) is 11.9. The predicted octanol–water partition coefficient (Wildman–Crippen LogP) is 3.15. The van der Waals surface area contributed by atoms with E-state index in [1.165, 1.54) is 13.2 Å². The van der Waals surface area contributed by atoms with Gasteiger partial charge in [-0.1, -0.05) is 38.1 Å². The molecule has 2 N–H and O–H groups in total. The van der Waals surface area contributed by atoms with Crippen LogP contribution in [0.2, 0.25) is 0 Å². The van der Waals surface area contributed by atoms with Crippen LogP contribution >= 0.6 is 0 Å². The second kappa shape index (κ2) is 6.24. The number of hydrogen-bond donors (Lipinski definition) is 2. The predicted molar refractivity (Wildman–Crippen MR) is 92.0 cm³/mol. The van der Waals surface area contributed by atoms with Crippen LogP contribution in [0.25, 0.3) is 0 Å². The topological polar surface area (TPSA) is 83.8 Å². The monoisotopic (exact) mass is 340 g/mol. The highest BCUT2D eigenvalue weighted by atomic mass is 16.5. The Kier molecular flexibility index (Phi) is 4.25. The summed E-state index contributed by atoms with van der Waals surface area (Å²) in [6, 6.07) is 8.36. The molecular formula is C20H20O5. The van der Waals surface area contributed by atoms with Crippen LogP contribution in [0.3, 0.4) is 0 Å². The highest BCUT2D eigenvalue weighted by Gasteiger charge is 2.34. The van der Waals surface area contributed by atoms with Crippen molar-refractivity contribution in [2.75, 3.05) is 7.11 Å². The first kappa shape index (κ1) is 17.0. The average Bonchev–Trinajstić information content (AvgIpc) is 2.56. The number of hydrogen-bond acceptors (Lipinski definition) is 5. The molecule has 0 radical (unpaired) electrons. The number of phenolic OH excluding ortho intramolecular Hbond substituents is 2. The van der Waals surface area contributed by atoms with Gasteiger partial charge in [0.2, 0.25) is 5.78 Å². The lowest BCUT2D eigenvalue weighted by Gasteiger charge is -2.25. The quantitative estimate of drug-likeness (QED) is 0.716. The highest BCUT2D eigenvalue weighted by Crippen LogP contribution is 2.41. The number of esters is 1. The molecule has 1 aliphatic carbocycles. The molecule has 0 fully saturated rings. The molecule has 2 aromatic rings. The minimum Gasteiger partial charge on any atom is -0.507 e. The molecule has 2 aromatic carbocycles. The number of carbonyl (C=O) groups is 2. The molecule has 0 aliphatic heterocycles. The third-order valence-corrected chi connectivity index (χ3v) is 4.72. The molecular weight excluding hydrogens is 320 g/mol. The van der Waals surface area contributed by atoms with Gasteiger partial charge in [-0.3, -0.25) is 9.59 Å². The summed E-state index contributed by atoms with van der Waals surface area (Å²) >= 11 is 0. The first-order valence-corrected chi connectivity index (χ1v) is 8.15. The summed E-state index contributed by atoms with van der Waals surface area (Å²) in [4.78, 5) is 25.0. The third-order valence-electron chi connectivity index (χ3n) is 4.72. The molecule has 5 nitrogen and oxygen atoms in total. The van der Waals surface area contributed by atoms with Crippen molar-refractivity contribution in [3.8, 4) is 11.5 Å². The molecule has 0 aromatic heterocycles. The number of carbonyl (C=O) groups excluding carboxylic acids is 2. The smallest absolute Gasteiger partial charge is 0.313 e. The van der Waals surface area contributed by atoms with E-state index in [-0.39, 0.29) is 28.5 Å². The largest absolute Gasteiger partial charge is 0.507 e. The van der Waals surface area contributed by atoms with Gasteiger partial charge in [0.25, 0.3) is 0 Å². The van der Waals surface area contributed by atoms with Crippen molar-refractivity contribution in [3.05, 3.63) is 58.1 Å². The fourth-order valence-corrected chi connectivity index (χ4v) is 3.51. The second-order valence-corrected chi connectivity index (χ2v) is 6.60. The molecule has 0 saturated heterocycles. The summed E-state index contributed by atoms with van der Waals surface area (Å²) < 4.78 is 4.85. The van der Waals surface area contributed by atoms with Gasteiger partial charge in [0.15, 0.2) is 0 Å². The summed E-state index contributed by atoms with van der Waals surface area (Å²) in [5, 5.41) is 20.8. The number of benzene rings is 2. The fraction of sp³-hybridized carbons (Fsp3) is 0.300. The van der Waals surface area contributed by atoms with Gasteiger partial charge in [0, 0.05) is 5.56 Å². The van der Waals surface area contributed by atoms with Crippen LogP contribution in [0.4, 0.5) is 0 Å². The highest BCUT2D eigenvalue weighted by molar-refractivity contribution is 6.15. The van der Waals surface area contributed by atoms with Crippen molar-refractivity contribution in [1.82, 2.24) is 0 Å². The lowest BCUT2D eigenvalue weighted by atomic mass is 9.80. The van der Waals surface area contributed by atoms with E-state index in [0.717, 1.165) is 5.56 Å². The van der Waals surface area contributed by atoms with Gasteiger partial charge in [-0.2, -0.15) is 0 Å². The maximum absolute atomic E-state index is 12.9. The van der Waals surface area contributed by atoms with E-state index in [1.54, 1.807) is 24.3 Å². The summed E-state index contributed by atoms with van der Waals surface area (Å²) in [6.07, 6.45) is 0.434.